The summed E-state index contributed by atoms with van der Waals surface area (Å²) in [7, 11) is 0. The van der Waals surface area contributed by atoms with E-state index in [4.69, 9.17) is 4.74 Å². The van der Waals surface area contributed by atoms with Crippen LogP contribution in [0.5, 0.6) is 0 Å². The van der Waals surface area contributed by atoms with Gasteiger partial charge in [-0.25, -0.2) is 4.79 Å². The third-order valence-electron chi connectivity index (χ3n) is 3.95. The Kier molecular flexibility index (Phi) is 5.71. The van der Waals surface area contributed by atoms with Crippen molar-refractivity contribution in [1.82, 2.24) is 0 Å². The highest BCUT2D eigenvalue weighted by atomic mass is 16.6. The molecule has 0 heterocycles. The van der Waals surface area contributed by atoms with Crippen molar-refractivity contribution in [3.05, 3.63) is 68.8 Å². The zero-order valence-electron chi connectivity index (χ0n) is 15.0. The molecule has 136 valence electrons. The van der Waals surface area contributed by atoms with Crippen LogP contribution < -0.4 is 5.32 Å². The first-order chi connectivity index (χ1) is 12.2. The minimum Gasteiger partial charge on any atom is -0.449 e. The van der Waals surface area contributed by atoms with Gasteiger partial charge in [0.05, 0.1) is 10.5 Å². The number of nitrogens with zero attached hydrogens (tertiary/aromatic N) is 1. The molecule has 26 heavy (non-hydrogen) atoms. The summed E-state index contributed by atoms with van der Waals surface area (Å²) >= 11 is 0. The number of anilines is 1. The van der Waals surface area contributed by atoms with Gasteiger partial charge in [-0.2, -0.15) is 0 Å². The van der Waals surface area contributed by atoms with Crippen molar-refractivity contribution in [2.24, 2.45) is 0 Å². The van der Waals surface area contributed by atoms with Gasteiger partial charge in [0.2, 0.25) is 0 Å². The number of nitrogens with one attached hydrogen (secondary N) is 1. The van der Waals surface area contributed by atoms with Crippen LogP contribution in [0.2, 0.25) is 0 Å². The molecule has 0 bridgehead atoms. The van der Waals surface area contributed by atoms with Gasteiger partial charge in [0, 0.05) is 17.3 Å². The fourth-order valence-electron chi connectivity index (χ4n) is 2.32. The Morgan fingerprint density at radius 3 is 2.38 bits per heavy atom. The Balaban J connectivity index is 2.09. The van der Waals surface area contributed by atoms with E-state index in [1.165, 1.54) is 19.1 Å². The lowest BCUT2D eigenvalue weighted by Crippen LogP contribution is -2.30. The van der Waals surface area contributed by atoms with Crippen LogP contribution in [0.4, 0.5) is 11.4 Å². The first kappa shape index (κ1) is 19.1. The predicted octanol–water partition coefficient (Wildman–Crippen LogP) is 3.70. The lowest BCUT2D eigenvalue weighted by Gasteiger charge is -2.15. The van der Waals surface area contributed by atoms with E-state index in [-0.39, 0.29) is 11.3 Å². The number of esters is 1. The molecule has 1 amide bonds. The second-order valence-electron chi connectivity index (χ2n) is 6.11. The largest absolute Gasteiger partial charge is 0.449 e. The summed E-state index contributed by atoms with van der Waals surface area (Å²) in [6, 6.07) is 9.68. The molecule has 2 rings (SSSR count). The van der Waals surface area contributed by atoms with Crippen molar-refractivity contribution in [2.45, 2.75) is 33.8 Å². The third-order valence-corrected chi connectivity index (χ3v) is 3.95. The molecule has 0 radical (unpaired) electrons. The highest BCUT2D eigenvalue weighted by Gasteiger charge is 2.21. The van der Waals surface area contributed by atoms with Crippen LogP contribution in [0, 0.1) is 30.9 Å². The van der Waals surface area contributed by atoms with Crippen molar-refractivity contribution in [3.63, 3.8) is 0 Å². The van der Waals surface area contributed by atoms with Crippen LogP contribution in [0.15, 0.2) is 36.4 Å². The first-order valence-electron chi connectivity index (χ1n) is 8.03. The molecule has 2 aromatic rings. The molecular weight excluding hydrogens is 336 g/mol. The number of nitro benzene ring substituents is 1. The SMILES string of the molecule is Cc1ccc(C)c(NC(=O)[C@@H](C)OC(=O)c2ccc(C)c([N+](=O)[O-])c2)c1. The Hall–Kier alpha value is -3.22. The average molecular weight is 356 g/mol. The van der Waals surface area contributed by atoms with Crippen LogP contribution in [0.25, 0.3) is 0 Å². The standard InChI is InChI=1S/C19H20N2O5/c1-11-5-6-12(2)16(9-11)20-18(22)14(4)26-19(23)15-8-7-13(3)17(10-15)21(24)25/h5-10,14H,1-4H3,(H,20,22)/t14-/m1/s1. The fourth-order valence-corrected chi connectivity index (χ4v) is 2.32. The van der Waals surface area contributed by atoms with Crippen molar-refractivity contribution in [1.29, 1.82) is 0 Å². The Labute approximate surface area is 151 Å². The van der Waals surface area contributed by atoms with Crippen LogP contribution in [0.1, 0.15) is 34.0 Å². The lowest BCUT2D eigenvalue weighted by molar-refractivity contribution is -0.385. The number of ether oxygens (including phenoxy) is 1. The molecule has 1 atom stereocenters. The lowest BCUT2D eigenvalue weighted by atomic mass is 10.1. The molecule has 7 nitrogen and oxygen atoms in total. The van der Waals surface area contributed by atoms with E-state index in [0.29, 0.717) is 11.3 Å². The molecule has 7 heteroatoms. The van der Waals surface area contributed by atoms with E-state index in [1.54, 1.807) is 6.92 Å². The van der Waals surface area contributed by atoms with E-state index in [1.807, 2.05) is 32.0 Å². The average Bonchev–Trinajstić information content (AvgIpc) is 2.58. The molecule has 0 aliphatic carbocycles. The normalized spacial score (nSPS) is 11.5. The van der Waals surface area contributed by atoms with Gasteiger partial charge in [0.25, 0.3) is 11.6 Å². The minimum absolute atomic E-state index is 0.0219. The second-order valence-corrected chi connectivity index (χ2v) is 6.11. The van der Waals surface area contributed by atoms with Crippen molar-refractivity contribution < 1.29 is 19.2 Å². The maximum atomic E-state index is 12.3. The number of rotatable bonds is 5. The molecule has 1 N–H and O–H groups in total. The van der Waals surface area contributed by atoms with E-state index in [2.05, 4.69) is 5.32 Å². The molecule has 0 saturated carbocycles. The van der Waals surface area contributed by atoms with Gasteiger partial charge >= 0.3 is 5.97 Å². The maximum absolute atomic E-state index is 12.3. The zero-order chi connectivity index (χ0) is 19.4. The Morgan fingerprint density at radius 2 is 1.73 bits per heavy atom. The zero-order valence-corrected chi connectivity index (χ0v) is 15.0. The van der Waals surface area contributed by atoms with Gasteiger partial charge in [-0.15, -0.1) is 0 Å². The van der Waals surface area contributed by atoms with Crippen LogP contribution in [-0.2, 0) is 9.53 Å². The van der Waals surface area contributed by atoms with E-state index in [9.17, 15) is 19.7 Å². The van der Waals surface area contributed by atoms with E-state index >= 15 is 0 Å². The summed E-state index contributed by atoms with van der Waals surface area (Å²) in [4.78, 5) is 34.9. The first-order valence-corrected chi connectivity index (χ1v) is 8.03. The van der Waals surface area contributed by atoms with Crippen LogP contribution in [0.3, 0.4) is 0 Å². The van der Waals surface area contributed by atoms with E-state index in [0.717, 1.165) is 17.2 Å². The smallest absolute Gasteiger partial charge is 0.339 e. The van der Waals surface area contributed by atoms with Gasteiger partial charge in [-0.1, -0.05) is 18.2 Å². The molecular formula is C19H20N2O5. The molecule has 0 aliphatic heterocycles. The summed E-state index contributed by atoms with van der Waals surface area (Å²) in [5, 5.41) is 13.7. The summed E-state index contributed by atoms with van der Waals surface area (Å²) < 4.78 is 5.14. The Morgan fingerprint density at radius 1 is 1.08 bits per heavy atom. The van der Waals surface area contributed by atoms with Gasteiger partial charge < -0.3 is 10.1 Å². The van der Waals surface area contributed by atoms with Crippen LogP contribution >= 0.6 is 0 Å². The Bertz CT molecular complexity index is 876. The number of amides is 1. The number of aryl methyl sites for hydroxylation is 3. The number of nitro groups is 1. The molecule has 0 saturated heterocycles. The molecule has 2 aromatic carbocycles. The second kappa shape index (κ2) is 7.77. The molecule has 0 fully saturated rings. The number of hydrogen-bond donors (Lipinski definition) is 1. The van der Waals surface area contributed by atoms with Crippen LogP contribution in [-0.4, -0.2) is 22.9 Å². The van der Waals surface area contributed by atoms with Gasteiger partial charge in [0.15, 0.2) is 6.10 Å². The number of carbonyl (C=O) groups is 2. The molecule has 0 aromatic heterocycles. The van der Waals surface area contributed by atoms with E-state index < -0.39 is 22.9 Å². The van der Waals surface area contributed by atoms with Gasteiger partial charge in [0.1, 0.15) is 0 Å². The topological polar surface area (TPSA) is 98.5 Å². The van der Waals surface area contributed by atoms with Crippen molar-refractivity contribution in [3.8, 4) is 0 Å². The number of benzene rings is 2. The fraction of sp³-hybridized carbons (Fsp3) is 0.263. The predicted molar refractivity (Wildman–Crippen MR) is 97.3 cm³/mol. The highest BCUT2D eigenvalue weighted by molar-refractivity contribution is 5.98. The van der Waals surface area contributed by atoms with Gasteiger partial charge in [-0.05, 0) is 51.0 Å². The summed E-state index contributed by atoms with van der Waals surface area (Å²) in [6.45, 7) is 6.79. The highest BCUT2D eigenvalue weighted by Crippen LogP contribution is 2.21. The van der Waals surface area contributed by atoms with Gasteiger partial charge in [-0.3, -0.25) is 14.9 Å². The monoisotopic (exact) mass is 356 g/mol. The minimum atomic E-state index is -1.05. The quantitative estimate of drug-likeness (QED) is 0.500. The molecule has 0 spiro atoms. The molecule has 0 aliphatic rings. The maximum Gasteiger partial charge on any atom is 0.339 e. The summed E-state index contributed by atoms with van der Waals surface area (Å²) in [6.07, 6.45) is -1.05. The van der Waals surface area contributed by atoms with Crippen molar-refractivity contribution in [2.75, 3.05) is 5.32 Å². The molecule has 0 unspecified atom stereocenters. The van der Waals surface area contributed by atoms with Crippen molar-refractivity contribution >= 4 is 23.3 Å². The number of carbonyl (C=O) groups excluding carboxylic acids is 2. The summed E-state index contributed by atoms with van der Waals surface area (Å²) in [5.41, 5.74) is 2.80. The number of hydrogen-bond acceptors (Lipinski definition) is 5. The summed E-state index contributed by atoms with van der Waals surface area (Å²) in [5.74, 6) is -1.27. The third kappa shape index (κ3) is 4.44.